The van der Waals surface area contributed by atoms with Gasteiger partial charge in [0.25, 0.3) is 0 Å². The smallest absolute Gasteiger partial charge is 0.335 e. The molecule has 0 aliphatic heterocycles. The highest BCUT2D eigenvalue weighted by molar-refractivity contribution is 5.88. The Balaban J connectivity index is 1.74. The minimum atomic E-state index is -0.956. The Labute approximate surface area is 156 Å². The molecule has 0 radical (unpaired) electrons. The number of benzene rings is 1. The van der Waals surface area contributed by atoms with Crippen LogP contribution in [0.15, 0.2) is 59.8 Å². The predicted molar refractivity (Wildman–Crippen MR) is 100 cm³/mol. The number of aromatic carboxylic acids is 1. The van der Waals surface area contributed by atoms with Gasteiger partial charge in [0, 0.05) is 29.5 Å². The van der Waals surface area contributed by atoms with Crippen molar-refractivity contribution < 1.29 is 25.1 Å². The zero-order valence-corrected chi connectivity index (χ0v) is 14.8. The van der Waals surface area contributed by atoms with Crippen molar-refractivity contribution in [1.82, 2.24) is 4.98 Å². The maximum absolute atomic E-state index is 11.0. The van der Waals surface area contributed by atoms with Crippen LogP contribution in [0.1, 0.15) is 28.8 Å². The van der Waals surface area contributed by atoms with Crippen molar-refractivity contribution in [2.45, 2.75) is 19.8 Å². The number of carbonyl (C=O) groups is 2. The van der Waals surface area contributed by atoms with Crippen LogP contribution in [0, 0.1) is 6.92 Å². The number of allylic oxidation sites excluding steroid dienone is 3. The Morgan fingerprint density at radius 2 is 1.78 bits per heavy atom. The van der Waals surface area contributed by atoms with Crippen LogP contribution in [0.3, 0.4) is 0 Å². The van der Waals surface area contributed by atoms with Gasteiger partial charge in [0.05, 0.1) is 5.56 Å². The number of hydrogen-bond acceptors (Lipinski definition) is 4. The van der Waals surface area contributed by atoms with Gasteiger partial charge in [0.2, 0.25) is 5.82 Å². The van der Waals surface area contributed by atoms with Crippen LogP contribution < -0.4 is 10.6 Å². The molecule has 1 aliphatic carbocycles. The second-order valence-corrected chi connectivity index (χ2v) is 6.34. The molecule has 2 aromatic rings. The van der Waals surface area contributed by atoms with Gasteiger partial charge in [-0.25, -0.2) is 9.59 Å². The number of aromatic nitrogens is 1. The van der Waals surface area contributed by atoms with E-state index in [0.29, 0.717) is 24.2 Å². The van der Waals surface area contributed by atoms with E-state index in [0.717, 1.165) is 22.8 Å². The third kappa shape index (κ3) is 4.80. The summed E-state index contributed by atoms with van der Waals surface area (Å²) in [6.07, 6.45) is 4.48. The molecule has 1 aromatic heterocycles. The lowest BCUT2D eigenvalue weighted by molar-refractivity contribution is -0.482. The molecule has 0 saturated carbocycles. The fraction of sp³-hybridized carbons (Fsp3) is 0.150. The minimum absolute atomic E-state index is 0.240. The minimum Gasteiger partial charge on any atom is -0.478 e. The van der Waals surface area contributed by atoms with E-state index in [1.54, 1.807) is 36.4 Å². The molecule has 5 N–H and O–H groups in total. The van der Waals surface area contributed by atoms with Crippen LogP contribution in [0.5, 0.6) is 0 Å². The van der Waals surface area contributed by atoms with Gasteiger partial charge in [-0.05, 0) is 49.6 Å². The molecule has 7 heteroatoms. The summed E-state index contributed by atoms with van der Waals surface area (Å²) >= 11 is 0. The molecule has 0 atom stereocenters. The maximum atomic E-state index is 11.0. The Morgan fingerprint density at radius 3 is 2.37 bits per heavy atom. The van der Waals surface area contributed by atoms with Crippen molar-refractivity contribution in [3.05, 3.63) is 70.9 Å². The molecule has 0 unspecified atom stereocenters. The molecule has 3 rings (SSSR count). The van der Waals surface area contributed by atoms with E-state index in [9.17, 15) is 9.59 Å². The normalized spacial score (nSPS) is 13.5. The van der Waals surface area contributed by atoms with Crippen molar-refractivity contribution in [2.75, 3.05) is 5.32 Å². The van der Waals surface area contributed by atoms with Gasteiger partial charge < -0.3 is 15.5 Å². The van der Waals surface area contributed by atoms with Crippen LogP contribution in [0.4, 0.5) is 17.3 Å². The Bertz CT molecular complexity index is 946. The first-order chi connectivity index (χ1) is 12.9. The van der Waals surface area contributed by atoms with Gasteiger partial charge in [0.1, 0.15) is 11.5 Å². The quantitative estimate of drug-likeness (QED) is 0.584. The molecule has 1 aliphatic rings. The SMILES string of the molecule is Cc1cc(NC2=CC=C(C(=O)O)CC2)nc([NH2+]c2ccc(C(=O)O)cc2)c1. The summed E-state index contributed by atoms with van der Waals surface area (Å²) in [5, 5.41) is 23.1. The van der Waals surface area contributed by atoms with Gasteiger partial charge in [-0.2, -0.15) is 4.98 Å². The van der Waals surface area contributed by atoms with E-state index in [-0.39, 0.29) is 5.56 Å². The van der Waals surface area contributed by atoms with Gasteiger partial charge in [0.15, 0.2) is 0 Å². The lowest BCUT2D eigenvalue weighted by Gasteiger charge is -2.14. The average molecular weight is 366 g/mol. The van der Waals surface area contributed by atoms with Crippen LogP contribution >= 0.6 is 0 Å². The van der Waals surface area contributed by atoms with Gasteiger partial charge in [-0.3, -0.25) is 5.32 Å². The van der Waals surface area contributed by atoms with Crippen molar-refractivity contribution in [3.63, 3.8) is 0 Å². The second-order valence-electron chi connectivity index (χ2n) is 6.34. The van der Waals surface area contributed by atoms with E-state index in [1.807, 2.05) is 24.4 Å². The molecule has 0 spiro atoms. The van der Waals surface area contributed by atoms with Gasteiger partial charge in [-0.1, -0.05) is 6.08 Å². The van der Waals surface area contributed by atoms with Crippen LogP contribution in [0.25, 0.3) is 0 Å². The van der Waals surface area contributed by atoms with E-state index < -0.39 is 11.9 Å². The summed E-state index contributed by atoms with van der Waals surface area (Å²) in [5.41, 5.74) is 3.44. The fourth-order valence-corrected chi connectivity index (χ4v) is 2.81. The number of quaternary nitrogens is 1. The first-order valence-corrected chi connectivity index (χ1v) is 8.47. The number of carboxylic acid groups (broad SMARTS) is 2. The van der Waals surface area contributed by atoms with Crippen LogP contribution in [0.2, 0.25) is 0 Å². The monoisotopic (exact) mass is 366 g/mol. The molecule has 0 fully saturated rings. The molecule has 0 amide bonds. The number of hydrogen-bond donors (Lipinski definition) is 4. The third-order valence-corrected chi connectivity index (χ3v) is 4.17. The van der Waals surface area contributed by atoms with Crippen molar-refractivity contribution in [2.24, 2.45) is 0 Å². The number of nitrogens with zero attached hydrogens (tertiary/aromatic N) is 1. The summed E-state index contributed by atoms with van der Waals surface area (Å²) < 4.78 is 0. The van der Waals surface area contributed by atoms with Crippen molar-refractivity contribution in [3.8, 4) is 0 Å². The standard InChI is InChI=1S/C20H19N3O4/c1-12-10-17(21-15-6-2-13(3-7-15)19(24)25)23-18(11-12)22-16-8-4-14(5-9-16)20(26)27/h2-4,6-8,10-11H,5,9H2,1H3,(H,24,25)(H,26,27)(H2,21,22,23)/p+1. The largest absolute Gasteiger partial charge is 0.478 e. The Hall–Kier alpha value is -3.45. The van der Waals surface area contributed by atoms with Gasteiger partial charge >= 0.3 is 11.9 Å². The first-order valence-electron chi connectivity index (χ1n) is 8.47. The molecular formula is C20H20N3O4+. The summed E-state index contributed by atoms with van der Waals surface area (Å²) in [7, 11) is 0. The zero-order chi connectivity index (χ0) is 19.4. The van der Waals surface area contributed by atoms with Crippen molar-refractivity contribution >= 4 is 29.3 Å². The lowest BCUT2D eigenvalue weighted by atomic mass is 10.0. The average Bonchev–Trinajstić information content (AvgIpc) is 2.62. The molecule has 0 saturated heterocycles. The highest BCUT2D eigenvalue weighted by atomic mass is 16.4. The fourth-order valence-electron chi connectivity index (χ4n) is 2.81. The molecule has 27 heavy (non-hydrogen) atoms. The highest BCUT2D eigenvalue weighted by Crippen LogP contribution is 2.21. The predicted octanol–water partition coefficient (Wildman–Crippen LogP) is 2.72. The lowest BCUT2D eigenvalue weighted by Crippen LogP contribution is -2.71. The third-order valence-electron chi connectivity index (χ3n) is 4.17. The molecule has 138 valence electrons. The second kappa shape index (κ2) is 7.84. The van der Waals surface area contributed by atoms with Crippen LogP contribution in [-0.4, -0.2) is 27.1 Å². The maximum Gasteiger partial charge on any atom is 0.335 e. The molecular weight excluding hydrogens is 346 g/mol. The number of pyridine rings is 1. The van der Waals surface area contributed by atoms with E-state index in [2.05, 4.69) is 10.3 Å². The number of rotatable bonds is 6. The summed E-state index contributed by atoms with van der Waals surface area (Å²) in [4.78, 5) is 26.5. The Morgan fingerprint density at radius 1 is 1.04 bits per heavy atom. The van der Waals surface area contributed by atoms with E-state index in [1.165, 1.54) is 0 Å². The zero-order valence-electron chi connectivity index (χ0n) is 14.8. The molecule has 7 nitrogen and oxygen atoms in total. The number of nitrogens with two attached hydrogens (primary N) is 1. The number of carboxylic acids is 2. The van der Waals surface area contributed by atoms with E-state index >= 15 is 0 Å². The van der Waals surface area contributed by atoms with Crippen LogP contribution in [-0.2, 0) is 4.79 Å². The number of aliphatic carboxylic acids is 1. The topological polar surface area (TPSA) is 116 Å². The molecule has 0 bridgehead atoms. The van der Waals surface area contributed by atoms with E-state index in [4.69, 9.17) is 10.2 Å². The first kappa shape index (κ1) is 18.3. The van der Waals surface area contributed by atoms with Crippen molar-refractivity contribution in [1.29, 1.82) is 0 Å². The number of aryl methyl sites for hydroxylation is 1. The molecule has 1 heterocycles. The summed E-state index contributed by atoms with van der Waals surface area (Å²) in [5.74, 6) is -0.409. The number of nitrogens with one attached hydrogen (secondary N) is 1. The summed E-state index contributed by atoms with van der Waals surface area (Å²) in [6, 6.07) is 10.5. The highest BCUT2D eigenvalue weighted by Gasteiger charge is 2.13. The number of anilines is 1. The molecule has 1 aromatic carbocycles. The summed E-state index contributed by atoms with van der Waals surface area (Å²) in [6.45, 7) is 1.97. The van der Waals surface area contributed by atoms with Gasteiger partial charge in [-0.15, -0.1) is 0 Å². The Kier molecular flexibility index (Phi) is 5.33.